The standard InChI is InChI=1S/C28H29NO5/c1-16(2)14-32-28(31)25-17(3)29-21-11-20(18-7-5-4-6-8-18)12-22(30)27(21)26(25)19-9-10-23-24(13-19)34-15-33-23/h4-10,13,16,20,25-26H,11-12,14-15H2,1-3H3/t20-,25?,26-/m1/s1. The number of Topliss-reactive ketones (excluding diaryl/α,β-unsaturated/α-hetero) is 1. The van der Waals surface area contributed by atoms with E-state index in [1.54, 1.807) is 0 Å². The average molecular weight is 460 g/mol. The maximum absolute atomic E-state index is 13.6. The Morgan fingerprint density at radius 2 is 1.82 bits per heavy atom. The Morgan fingerprint density at radius 1 is 1.06 bits per heavy atom. The fraction of sp³-hybridized carbons (Fsp3) is 0.393. The normalized spacial score (nSPS) is 23.6. The molecule has 3 aliphatic rings. The van der Waals surface area contributed by atoms with Crippen LogP contribution in [-0.4, -0.2) is 30.9 Å². The number of esters is 1. The molecule has 0 radical (unpaired) electrons. The van der Waals surface area contributed by atoms with Crippen molar-refractivity contribution in [3.05, 3.63) is 70.9 Å². The third-order valence-electron chi connectivity index (χ3n) is 6.73. The number of carbonyl (C=O) groups is 2. The molecular weight excluding hydrogens is 430 g/mol. The highest BCUT2D eigenvalue weighted by molar-refractivity contribution is 6.09. The van der Waals surface area contributed by atoms with Gasteiger partial charge in [0, 0.05) is 29.3 Å². The second kappa shape index (κ2) is 9.09. The van der Waals surface area contributed by atoms with Crippen LogP contribution in [0.5, 0.6) is 11.5 Å². The van der Waals surface area contributed by atoms with Gasteiger partial charge < -0.3 is 14.2 Å². The number of ketones is 1. The average Bonchev–Trinajstić information content (AvgIpc) is 3.30. The Kier molecular flexibility index (Phi) is 5.98. The molecule has 0 aromatic heterocycles. The van der Waals surface area contributed by atoms with Crippen molar-refractivity contribution in [3.8, 4) is 11.5 Å². The molecule has 0 amide bonds. The van der Waals surface area contributed by atoms with Crippen molar-refractivity contribution >= 4 is 17.5 Å². The van der Waals surface area contributed by atoms with E-state index in [2.05, 4.69) is 12.1 Å². The Morgan fingerprint density at radius 3 is 2.59 bits per heavy atom. The summed E-state index contributed by atoms with van der Waals surface area (Å²) in [5.41, 5.74) is 4.05. The maximum Gasteiger partial charge on any atom is 0.315 e. The lowest BCUT2D eigenvalue weighted by Crippen LogP contribution is -2.38. The largest absolute Gasteiger partial charge is 0.465 e. The number of allylic oxidation sites excluding steroid dienone is 2. The number of aliphatic imine (C=N–C) groups is 1. The van der Waals surface area contributed by atoms with E-state index in [0.29, 0.717) is 42.2 Å². The molecule has 3 atom stereocenters. The molecule has 5 rings (SSSR count). The molecule has 0 bridgehead atoms. The topological polar surface area (TPSA) is 74.2 Å². The lowest BCUT2D eigenvalue weighted by molar-refractivity contribution is -0.147. The monoisotopic (exact) mass is 459 g/mol. The second-order valence-electron chi connectivity index (χ2n) is 9.64. The van der Waals surface area contributed by atoms with E-state index in [4.69, 9.17) is 19.2 Å². The lowest BCUT2D eigenvalue weighted by atomic mass is 9.69. The SMILES string of the molecule is CC1=NC2=C(C(=O)C[C@H](c3ccccc3)C2)[C@H](c2ccc3c(c2)OCO3)C1C(=O)OCC(C)C. The Labute approximate surface area is 199 Å². The highest BCUT2D eigenvalue weighted by Crippen LogP contribution is 2.48. The number of carbonyl (C=O) groups excluding carboxylic acids is 2. The summed E-state index contributed by atoms with van der Waals surface area (Å²) in [7, 11) is 0. The highest BCUT2D eigenvalue weighted by Gasteiger charge is 2.45. The van der Waals surface area contributed by atoms with Crippen LogP contribution < -0.4 is 9.47 Å². The minimum absolute atomic E-state index is 0.0377. The molecule has 6 nitrogen and oxygen atoms in total. The molecule has 34 heavy (non-hydrogen) atoms. The summed E-state index contributed by atoms with van der Waals surface area (Å²) in [6.45, 7) is 6.35. The summed E-state index contributed by atoms with van der Waals surface area (Å²) in [6.07, 6.45) is 1.06. The third kappa shape index (κ3) is 4.13. The number of benzene rings is 2. The van der Waals surface area contributed by atoms with Gasteiger partial charge in [-0.25, -0.2) is 0 Å². The van der Waals surface area contributed by atoms with Crippen LogP contribution in [0.4, 0.5) is 0 Å². The molecule has 2 heterocycles. The van der Waals surface area contributed by atoms with Crippen molar-refractivity contribution in [3.63, 3.8) is 0 Å². The Bertz CT molecular complexity index is 1180. The predicted octanol–water partition coefficient (Wildman–Crippen LogP) is 5.19. The number of ether oxygens (including phenoxy) is 3. The minimum atomic E-state index is -0.657. The molecule has 2 aromatic carbocycles. The van der Waals surface area contributed by atoms with E-state index in [1.807, 2.05) is 57.2 Å². The predicted molar refractivity (Wildman–Crippen MR) is 128 cm³/mol. The van der Waals surface area contributed by atoms with E-state index in [9.17, 15) is 9.59 Å². The summed E-state index contributed by atoms with van der Waals surface area (Å²) in [4.78, 5) is 31.8. The van der Waals surface area contributed by atoms with Crippen LogP contribution in [0.3, 0.4) is 0 Å². The van der Waals surface area contributed by atoms with Gasteiger partial charge in [0.2, 0.25) is 6.79 Å². The maximum atomic E-state index is 13.6. The molecule has 0 saturated carbocycles. The van der Waals surface area contributed by atoms with E-state index in [1.165, 1.54) is 0 Å². The van der Waals surface area contributed by atoms with Gasteiger partial charge in [0.25, 0.3) is 0 Å². The number of nitrogens with zero attached hydrogens (tertiary/aromatic N) is 1. The first-order chi connectivity index (χ1) is 16.4. The van der Waals surface area contributed by atoms with Crippen LogP contribution in [0, 0.1) is 11.8 Å². The van der Waals surface area contributed by atoms with Crippen molar-refractivity contribution < 1.29 is 23.8 Å². The molecule has 1 unspecified atom stereocenters. The first-order valence-corrected chi connectivity index (χ1v) is 11.8. The van der Waals surface area contributed by atoms with E-state index in [-0.39, 0.29) is 30.4 Å². The van der Waals surface area contributed by atoms with Crippen LogP contribution in [0.2, 0.25) is 0 Å². The number of rotatable bonds is 5. The minimum Gasteiger partial charge on any atom is -0.465 e. The molecule has 6 heteroatoms. The summed E-state index contributed by atoms with van der Waals surface area (Å²) in [6, 6.07) is 15.7. The van der Waals surface area contributed by atoms with Crippen molar-refractivity contribution in [1.29, 1.82) is 0 Å². The van der Waals surface area contributed by atoms with Crippen molar-refractivity contribution in [2.24, 2.45) is 16.8 Å². The lowest BCUT2D eigenvalue weighted by Gasteiger charge is -2.36. The summed E-state index contributed by atoms with van der Waals surface area (Å²) >= 11 is 0. The number of fused-ring (bicyclic) bond motifs is 1. The molecule has 1 aliphatic carbocycles. The van der Waals surface area contributed by atoms with E-state index >= 15 is 0 Å². The zero-order valence-corrected chi connectivity index (χ0v) is 19.7. The molecule has 0 saturated heterocycles. The van der Waals surface area contributed by atoms with Crippen LogP contribution >= 0.6 is 0 Å². The first-order valence-electron chi connectivity index (χ1n) is 11.8. The van der Waals surface area contributed by atoms with Crippen molar-refractivity contribution in [1.82, 2.24) is 0 Å². The number of hydrogen-bond donors (Lipinski definition) is 0. The molecule has 176 valence electrons. The van der Waals surface area contributed by atoms with Gasteiger partial charge in [-0.2, -0.15) is 0 Å². The third-order valence-corrected chi connectivity index (χ3v) is 6.73. The molecule has 2 aliphatic heterocycles. The zero-order chi connectivity index (χ0) is 23.8. The smallest absolute Gasteiger partial charge is 0.315 e. The molecular formula is C28H29NO5. The molecule has 0 fully saturated rings. The summed E-state index contributed by atoms with van der Waals surface area (Å²) in [5.74, 6) is 0.146. The van der Waals surface area contributed by atoms with Gasteiger partial charge >= 0.3 is 5.97 Å². The molecule has 0 spiro atoms. The zero-order valence-electron chi connectivity index (χ0n) is 19.7. The highest BCUT2D eigenvalue weighted by atomic mass is 16.7. The fourth-order valence-corrected chi connectivity index (χ4v) is 5.13. The van der Waals surface area contributed by atoms with Crippen LogP contribution in [0.15, 0.2) is 64.8 Å². The van der Waals surface area contributed by atoms with E-state index in [0.717, 1.165) is 16.8 Å². The molecule has 0 N–H and O–H groups in total. The van der Waals surface area contributed by atoms with Crippen LogP contribution in [0.1, 0.15) is 56.6 Å². The van der Waals surface area contributed by atoms with Gasteiger partial charge in [0.05, 0.1) is 6.61 Å². The van der Waals surface area contributed by atoms with E-state index < -0.39 is 11.8 Å². The summed E-state index contributed by atoms with van der Waals surface area (Å²) < 4.78 is 16.7. The van der Waals surface area contributed by atoms with Gasteiger partial charge in [-0.1, -0.05) is 50.2 Å². The second-order valence-corrected chi connectivity index (χ2v) is 9.64. The molecule has 2 aromatic rings. The van der Waals surface area contributed by atoms with Gasteiger partial charge in [-0.15, -0.1) is 0 Å². The van der Waals surface area contributed by atoms with Crippen LogP contribution in [0.25, 0.3) is 0 Å². The Hall–Kier alpha value is -3.41. The summed E-state index contributed by atoms with van der Waals surface area (Å²) in [5, 5.41) is 0. The van der Waals surface area contributed by atoms with Gasteiger partial charge in [0.15, 0.2) is 17.3 Å². The first kappa shape index (κ1) is 22.4. The van der Waals surface area contributed by atoms with Gasteiger partial charge in [-0.05, 0) is 48.4 Å². The van der Waals surface area contributed by atoms with Gasteiger partial charge in [-0.3, -0.25) is 14.6 Å². The van der Waals surface area contributed by atoms with Crippen molar-refractivity contribution in [2.75, 3.05) is 13.4 Å². The van der Waals surface area contributed by atoms with Crippen LogP contribution in [-0.2, 0) is 14.3 Å². The fourth-order valence-electron chi connectivity index (χ4n) is 5.13. The number of hydrogen-bond acceptors (Lipinski definition) is 6. The Balaban J connectivity index is 1.57. The van der Waals surface area contributed by atoms with Crippen molar-refractivity contribution in [2.45, 2.75) is 45.4 Å². The quantitative estimate of drug-likeness (QED) is 0.576. The van der Waals surface area contributed by atoms with Gasteiger partial charge in [0.1, 0.15) is 5.92 Å².